The van der Waals surface area contributed by atoms with Gasteiger partial charge < -0.3 is 4.74 Å². The number of carbonyl (C=O) groups is 1. The molecule has 3 nitrogen and oxygen atoms in total. The second kappa shape index (κ2) is 13.8. The van der Waals surface area contributed by atoms with Crippen LogP contribution in [0.3, 0.4) is 0 Å². The van der Waals surface area contributed by atoms with Gasteiger partial charge in [0, 0.05) is 6.42 Å². The average Bonchev–Trinajstić information content (AvgIpc) is 2.94. The summed E-state index contributed by atoms with van der Waals surface area (Å²) >= 11 is 0. The molecule has 0 N–H and O–H groups in total. The third-order valence-corrected chi connectivity index (χ3v) is 7.77. The standard InChI is InChI=1S/C34H39NO2/c1-2-6-26-9-15-29(16-10-26)30-17-11-27(12-18-30)7-4-3-5-8-34(36)37-33-23-21-32(22-24-33)31-19-13-28(25-35)14-20-31/h11-14,17-24,26,29H,2-10,15-16H2,1H3. The van der Waals surface area contributed by atoms with Gasteiger partial charge in [0.1, 0.15) is 5.75 Å². The Hall–Kier alpha value is -3.38. The minimum atomic E-state index is -0.177. The van der Waals surface area contributed by atoms with Crippen LogP contribution in [-0.4, -0.2) is 5.97 Å². The number of ether oxygens (including phenoxy) is 1. The molecular weight excluding hydrogens is 454 g/mol. The van der Waals surface area contributed by atoms with E-state index in [9.17, 15) is 4.79 Å². The van der Waals surface area contributed by atoms with Crippen LogP contribution in [0.15, 0.2) is 72.8 Å². The van der Waals surface area contributed by atoms with E-state index in [4.69, 9.17) is 10.00 Å². The lowest BCUT2D eigenvalue weighted by atomic mass is 9.77. The minimum absolute atomic E-state index is 0.177. The molecule has 0 amide bonds. The van der Waals surface area contributed by atoms with E-state index in [2.05, 4.69) is 37.3 Å². The first-order chi connectivity index (χ1) is 18.1. The summed E-state index contributed by atoms with van der Waals surface area (Å²) in [5, 5.41) is 8.93. The third-order valence-electron chi connectivity index (χ3n) is 7.77. The van der Waals surface area contributed by atoms with Gasteiger partial charge in [-0.15, -0.1) is 0 Å². The number of hydrogen-bond acceptors (Lipinski definition) is 3. The zero-order valence-corrected chi connectivity index (χ0v) is 22.1. The maximum absolute atomic E-state index is 12.3. The summed E-state index contributed by atoms with van der Waals surface area (Å²) in [5.74, 6) is 2.10. The molecule has 0 saturated heterocycles. The summed E-state index contributed by atoms with van der Waals surface area (Å²) in [6, 6.07) is 26.4. The molecule has 3 aromatic rings. The van der Waals surface area contributed by atoms with E-state index in [1.165, 1.54) is 49.7 Å². The highest BCUT2D eigenvalue weighted by atomic mass is 16.5. The van der Waals surface area contributed by atoms with Crippen molar-refractivity contribution in [3.05, 3.63) is 89.5 Å². The second-order valence-electron chi connectivity index (χ2n) is 10.5. The van der Waals surface area contributed by atoms with Crippen molar-refractivity contribution >= 4 is 5.97 Å². The molecule has 0 heterocycles. The topological polar surface area (TPSA) is 50.1 Å². The maximum Gasteiger partial charge on any atom is 0.311 e. The van der Waals surface area contributed by atoms with E-state index in [0.717, 1.165) is 48.6 Å². The summed E-state index contributed by atoms with van der Waals surface area (Å²) < 4.78 is 5.52. The van der Waals surface area contributed by atoms with Crippen molar-refractivity contribution in [1.82, 2.24) is 0 Å². The van der Waals surface area contributed by atoms with Crippen molar-refractivity contribution in [3.8, 4) is 22.9 Å². The molecule has 1 fully saturated rings. The molecule has 0 atom stereocenters. The molecule has 1 aliphatic carbocycles. The molecule has 1 aliphatic rings. The lowest BCUT2D eigenvalue weighted by Crippen LogP contribution is -2.13. The molecule has 0 spiro atoms. The highest BCUT2D eigenvalue weighted by molar-refractivity contribution is 5.73. The number of rotatable bonds is 11. The quantitative estimate of drug-likeness (QED) is 0.152. The zero-order chi connectivity index (χ0) is 25.9. The fraction of sp³-hybridized carbons (Fsp3) is 0.412. The van der Waals surface area contributed by atoms with Crippen molar-refractivity contribution in [2.45, 2.75) is 83.5 Å². The molecule has 0 aromatic heterocycles. The van der Waals surface area contributed by atoms with Crippen LogP contribution >= 0.6 is 0 Å². The van der Waals surface area contributed by atoms with Crippen LogP contribution in [0.5, 0.6) is 5.75 Å². The molecule has 0 aliphatic heterocycles. The normalized spacial score (nSPS) is 17.2. The van der Waals surface area contributed by atoms with Gasteiger partial charge in [0.15, 0.2) is 0 Å². The maximum atomic E-state index is 12.3. The zero-order valence-electron chi connectivity index (χ0n) is 22.1. The molecule has 192 valence electrons. The Morgan fingerprint density at radius 2 is 1.49 bits per heavy atom. The number of nitrogens with zero attached hydrogens (tertiary/aromatic N) is 1. The Morgan fingerprint density at radius 1 is 0.838 bits per heavy atom. The van der Waals surface area contributed by atoms with Gasteiger partial charge in [-0.1, -0.05) is 74.7 Å². The molecule has 0 unspecified atom stereocenters. The summed E-state index contributed by atoms with van der Waals surface area (Å²) in [6.45, 7) is 2.30. The van der Waals surface area contributed by atoms with E-state index in [0.29, 0.717) is 17.7 Å². The van der Waals surface area contributed by atoms with E-state index >= 15 is 0 Å². The van der Waals surface area contributed by atoms with E-state index in [1.807, 2.05) is 36.4 Å². The van der Waals surface area contributed by atoms with Gasteiger partial charge in [-0.05, 0) is 103 Å². The lowest BCUT2D eigenvalue weighted by molar-refractivity contribution is -0.134. The van der Waals surface area contributed by atoms with Gasteiger partial charge in [-0.25, -0.2) is 0 Å². The minimum Gasteiger partial charge on any atom is -0.427 e. The van der Waals surface area contributed by atoms with E-state index < -0.39 is 0 Å². The van der Waals surface area contributed by atoms with Gasteiger partial charge in [-0.3, -0.25) is 4.79 Å². The first kappa shape index (κ1) is 26.7. The summed E-state index contributed by atoms with van der Waals surface area (Å²) in [5.41, 5.74) is 5.61. The predicted molar refractivity (Wildman–Crippen MR) is 150 cm³/mol. The van der Waals surface area contributed by atoms with Crippen molar-refractivity contribution in [3.63, 3.8) is 0 Å². The van der Waals surface area contributed by atoms with Crippen LogP contribution in [-0.2, 0) is 11.2 Å². The van der Waals surface area contributed by atoms with Crippen LogP contribution in [0, 0.1) is 17.2 Å². The van der Waals surface area contributed by atoms with Crippen LogP contribution in [0.1, 0.15) is 93.7 Å². The first-order valence-corrected chi connectivity index (χ1v) is 14.0. The number of unbranched alkanes of at least 4 members (excludes halogenated alkanes) is 2. The van der Waals surface area contributed by atoms with Crippen molar-refractivity contribution in [1.29, 1.82) is 5.26 Å². The van der Waals surface area contributed by atoms with Crippen LogP contribution in [0.25, 0.3) is 11.1 Å². The second-order valence-corrected chi connectivity index (χ2v) is 10.5. The number of aryl methyl sites for hydroxylation is 1. The van der Waals surface area contributed by atoms with Crippen LogP contribution in [0.2, 0.25) is 0 Å². The predicted octanol–water partition coefficient (Wildman–Crippen LogP) is 9.01. The van der Waals surface area contributed by atoms with E-state index in [-0.39, 0.29) is 5.97 Å². The Bertz CT molecular complexity index is 1150. The number of esters is 1. The summed E-state index contributed by atoms with van der Waals surface area (Å²) in [6.07, 6.45) is 12.7. The van der Waals surface area contributed by atoms with E-state index in [1.54, 1.807) is 12.1 Å². The fourth-order valence-corrected chi connectivity index (χ4v) is 5.56. The van der Waals surface area contributed by atoms with Crippen molar-refractivity contribution < 1.29 is 9.53 Å². The highest BCUT2D eigenvalue weighted by Gasteiger charge is 2.21. The monoisotopic (exact) mass is 493 g/mol. The molecular formula is C34H39NO2. The Labute approximate surface area is 222 Å². The highest BCUT2D eigenvalue weighted by Crippen LogP contribution is 2.37. The molecule has 0 radical (unpaired) electrons. The van der Waals surface area contributed by atoms with Crippen molar-refractivity contribution in [2.75, 3.05) is 0 Å². The van der Waals surface area contributed by atoms with Gasteiger partial charge in [0.25, 0.3) is 0 Å². The van der Waals surface area contributed by atoms with Gasteiger partial charge in [0.2, 0.25) is 0 Å². The smallest absolute Gasteiger partial charge is 0.311 e. The number of nitriles is 1. The summed E-state index contributed by atoms with van der Waals surface area (Å²) in [4.78, 5) is 12.3. The Balaban J connectivity index is 1.12. The summed E-state index contributed by atoms with van der Waals surface area (Å²) in [7, 11) is 0. The molecule has 4 rings (SSSR count). The fourth-order valence-electron chi connectivity index (χ4n) is 5.56. The first-order valence-electron chi connectivity index (χ1n) is 14.0. The molecule has 3 heteroatoms. The number of carbonyl (C=O) groups excluding carboxylic acids is 1. The molecule has 1 saturated carbocycles. The molecule has 3 aromatic carbocycles. The number of benzene rings is 3. The molecule has 0 bridgehead atoms. The largest absolute Gasteiger partial charge is 0.427 e. The third kappa shape index (κ3) is 8.05. The van der Waals surface area contributed by atoms with Gasteiger partial charge in [0.05, 0.1) is 11.6 Å². The van der Waals surface area contributed by atoms with Gasteiger partial charge in [-0.2, -0.15) is 5.26 Å². The van der Waals surface area contributed by atoms with Gasteiger partial charge >= 0.3 is 5.97 Å². The number of hydrogen-bond donors (Lipinski definition) is 0. The van der Waals surface area contributed by atoms with Crippen LogP contribution < -0.4 is 4.74 Å². The molecule has 37 heavy (non-hydrogen) atoms. The Morgan fingerprint density at radius 3 is 2.11 bits per heavy atom. The average molecular weight is 494 g/mol. The Kier molecular flexibility index (Phi) is 9.95. The van der Waals surface area contributed by atoms with Crippen molar-refractivity contribution in [2.24, 2.45) is 5.92 Å². The van der Waals surface area contributed by atoms with Crippen LogP contribution in [0.4, 0.5) is 0 Å². The lowest BCUT2D eigenvalue weighted by Gasteiger charge is -2.28. The SMILES string of the molecule is CCCC1CCC(c2ccc(CCCCCC(=O)Oc3ccc(-c4ccc(C#N)cc4)cc3)cc2)CC1.